The van der Waals surface area contributed by atoms with Crippen molar-refractivity contribution in [2.24, 2.45) is 0 Å². The van der Waals surface area contributed by atoms with Crippen LogP contribution in [-0.4, -0.2) is 49.8 Å². The van der Waals surface area contributed by atoms with Crippen LogP contribution < -0.4 is 4.74 Å². The molecule has 3 N–H and O–H groups in total. The van der Waals surface area contributed by atoms with Crippen LogP contribution in [0.3, 0.4) is 0 Å². The Kier molecular flexibility index (Phi) is 4.82. The van der Waals surface area contributed by atoms with Crippen molar-refractivity contribution in [2.75, 3.05) is 5.75 Å². The predicted octanol–water partition coefficient (Wildman–Crippen LogP) is 1.42. The average Bonchev–Trinajstić information content (AvgIpc) is 2.57. The Balaban J connectivity index is 1.69. The molecule has 0 bridgehead atoms. The first-order valence-corrected chi connectivity index (χ1v) is 8.14. The molecule has 0 amide bonds. The van der Waals surface area contributed by atoms with Gasteiger partial charge < -0.3 is 20.1 Å². The third kappa shape index (κ3) is 3.64. The number of hydrogen-bond acceptors (Lipinski definition) is 6. The van der Waals surface area contributed by atoms with Gasteiger partial charge in [-0.3, -0.25) is 4.98 Å². The van der Waals surface area contributed by atoms with Gasteiger partial charge in [-0.25, -0.2) is 4.39 Å². The maximum atomic E-state index is 12.9. The van der Waals surface area contributed by atoms with Gasteiger partial charge in [0.25, 0.3) is 0 Å². The van der Waals surface area contributed by atoms with E-state index in [2.05, 4.69) is 4.98 Å². The van der Waals surface area contributed by atoms with Crippen LogP contribution in [0, 0.1) is 5.82 Å². The summed E-state index contributed by atoms with van der Waals surface area (Å²) in [6, 6.07) is 9.42. The highest BCUT2D eigenvalue weighted by Crippen LogP contribution is 2.29. The Bertz CT molecular complexity index is 652. The van der Waals surface area contributed by atoms with Gasteiger partial charge in [0.2, 0.25) is 0 Å². The molecular formula is C16H16FNO4S. The van der Waals surface area contributed by atoms with Crippen LogP contribution in [0.5, 0.6) is 5.75 Å². The molecule has 2 heterocycles. The summed E-state index contributed by atoms with van der Waals surface area (Å²) in [7, 11) is 0. The molecule has 1 aromatic heterocycles. The minimum absolute atomic E-state index is 0.282. The van der Waals surface area contributed by atoms with E-state index in [1.165, 1.54) is 30.1 Å². The van der Waals surface area contributed by atoms with E-state index in [1.54, 1.807) is 24.3 Å². The number of pyridine rings is 1. The number of hydrogen-bond donors (Lipinski definition) is 3. The van der Waals surface area contributed by atoms with Gasteiger partial charge in [0.1, 0.15) is 23.8 Å². The molecule has 1 aliphatic heterocycles. The quantitative estimate of drug-likeness (QED) is 0.786. The van der Waals surface area contributed by atoms with E-state index < -0.39 is 23.7 Å². The topological polar surface area (TPSA) is 82.8 Å². The number of halogens is 1. The van der Waals surface area contributed by atoms with Crippen molar-refractivity contribution in [1.29, 1.82) is 0 Å². The molecule has 1 aromatic carbocycles. The molecule has 5 nitrogen and oxygen atoms in total. The first-order chi connectivity index (χ1) is 11.0. The van der Waals surface area contributed by atoms with Gasteiger partial charge in [0.15, 0.2) is 5.44 Å². The Labute approximate surface area is 136 Å². The minimum atomic E-state index is -1.23. The molecule has 1 saturated heterocycles. The molecule has 0 aliphatic carbocycles. The summed E-state index contributed by atoms with van der Waals surface area (Å²) >= 11 is 1.23. The molecule has 0 radical (unpaired) electrons. The van der Waals surface area contributed by atoms with Gasteiger partial charge in [0.05, 0.1) is 18.0 Å². The summed E-state index contributed by atoms with van der Waals surface area (Å²) in [5.41, 5.74) is 0.778. The Morgan fingerprint density at radius 3 is 2.43 bits per heavy atom. The Morgan fingerprint density at radius 1 is 1.04 bits per heavy atom. The maximum absolute atomic E-state index is 12.9. The zero-order valence-corrected chi connectivity index (χ0v) is 12.9. The molecule has 4 atom stereocenters. The van der Waals surface area contributed by atoms with Gasteiger partial charge >= 0.3 is 0 Å². The van der Waals surface area contributed by atoms with Gasteiger partial charge in [-0.05, 0) is 36.4 Å². The van der Waals surface area contributed by atoms with Crippen molar-refractivity contribution >= 4 is 11.8 Å². The summed E-state index contributed by atoms with van der Waals surface area (Å²) in [4.78, 5) is 4.25. The van der Waals surface area contributed by atoms with Crippen LogP contribution in [0.15, 0.2) is 42.6 Å². The fourth-order valence-electron chi connectivity index (χ4n) is 2.26. The lowest BCUT2D eigenvalue weighted by Gasteiger charge is -2.34. The van der Waals surface area contributed by atoms with Crippen molar-refractivity contribution in [3.05, 3.63) is 48.4 Å². The standard InChI is InChI=1S/C16H16FNO4S/c17-10-3-1-9(2-4-10)12-6-5-11(7-18-12)22-16-15(21)14(20)13(19)8-23-16/h1-7,13-16,19-21H,8H2/t13-,14+,15-,16-/m1/s1. The number of thioether (sulfide) groups is 1. The first-order valence-electron chi connectivity index (χ1n) is 7.09. The van der Waals surface area contributed by atoms with E-state index in [4.69, 9.17) is 4.74 Å². The van der Waals surface area contributed by atoms with Crippen molar-refractivity contribution in [3.63, 3.8) is 0 Å². The summed E-state index contributed by atoms with van der Waals surface area (Å²) < 4.78 is 18.5. The molecular weight excluding hydrogens is 321 g/mol. The van der Waals surface area contributed by atoms with E-state index in [0.717, 1.165) is 5.56 Å². The second kappa shape index (κ2) is 6.84. The van der Waals surface area contributed by atoms with Crippen molar-refractivity contribution in [3.8, 4) is 17.0 Å². The van der Waals surface area contributed by atoms with E-state index in [-0.39, 0.29) is 11.6 Å². The van der Waals surface area contributed by atoms with Crippen LogP contribution in [0.1, 0.15) is 0 Å². The normalized spacial score (nSPS) is 27.7. The lowest BCUT2D eigenvalue weighted by atomic mass is 10.1. The molecule has 0 unspecified atom stereocenters. The first kappa shape index (κ1) is 16.2. The Hall–Kier alpha value is -1.67. The number of benzene rings is 1. The third-order valence-electron chi connectivity index (χ3n) is 3.58. The second-order valence-corrected chi connectivity index (χ2v) is 6.39. The molecule has 1 aliphatic rings. The van der Waals surface area contributed by atoms with E-state index in [0.29, 0.717) is 11.4 Å². The van der Waals surface area contributed by atoms with Gasteiger partial charge in [-0.15, -0.1) is 11.8 Å². The number of ether oxygens (including phenoxy) is 1. The van der Waals surface area contributed by atoms with Crippen LogP contribution in [0.4, 0.5) is 4.39 Å². The average molecular weight is 337 g/mol. The molecule has 23 heavy (non-hydrogen) atoms. The molecule has 3 rings (SSSR count). The second-order valence-electron chi connectivity index (χ2n) is 5.25. The largest absolute Gasteiger partial charge is 0.475 e. The zero-order valence-electron chi connectivity index (χ0n) is 12.0. The van der Waals surface area contributed by atoms with Gasteiger partial charge in [-0.1, -0.05) is 0 Å². The smallest absolute Gasteiger partial charge is 0.173 e. The number of aliphatic hydroxyl groups excluding tert-OH is 3. The van der Waals surface area contributed by atoms with E-state index in [9.17, 15) is 19.7 Å². The summed E-state index contributed by atoms with van der Waals surface area (Å²) in [6.07, 6.45) is -1.87. The fourth-order valence-corrected chi connectivity index (χ4v) is 3.38. The monoisotopic (exact) mass is 337 g/mol. The predicted molar refractivity (Wildman–Crippen MR) is 84.5 cm³/mol. The Morgan fingerprint density at radius 2 is 1.78 bits per heavy atom. The number of aromatic nitrogens is 1. The minimum Gasteiger partial charge on any atom is -0.475 e. The molecule has 0 spiro atoms. The van der Waals surface area contributed by atoms with Crippen molar-refractivity contribution in [2.45, 2.75) is 23.7 Å². The fraction of sp³-hybridized carbons (Fsp3) is 0.312. The van der Waals surface area contributed by atoms with Crippen molar-refractivity contribution < 1.29 is 24.4 Å². The molecule has 7 heteroatoms. The molecule has 0 saturated carbocycles. The SMILES string of the molecule is O[C@@H]1[C@@H](O)[C@H](Oc2ccc(-c3ccc(F)cc3)nc2)SC[C@H]1O. The number of rotatable bonds is 3. The van der Waals surface area contributed by atoms with Gasteiger partial charge in [-0.2, -0.15) is 0 Å². The summed E-state index contributed by atoms with van der Waals surface area (Å²) in [6.45, 7) is 0. The van der Waals surface area contributed by atoms with Crippen LogP contribution in [-0.2, 0) is 0 Å². The highest BCUT2D eigenvalue weighted by Gasteiger charge is 2.38. The highest BCUT2D eigenvalue weighted by molar-refractivity contribution is 7.99. The number of aliphatic hydroxyl groups is 3. The molecule has 1 fully saturated rings. The summed E-state index contributed by atoms with van der Waals surface area (Å²) in [5.74, 6) is 0.415. The molecule has 2 aromatic rings. The maximum Gasteiger partial charge on any atom is 0.173 e. The lowest BCUT2D eigenvalue weighted by molar-refractivity contribution is -0.0786. The van der Waals surface area contributed by atoms with E-state index >= 15 is 0 Å². The molecule has 122 valence electrons. The van der Waals surface area contributed by atoms with Gasteiger partial charge in [0, 0.05) is 11.3 Å². The van der Waals surface area contributed by atoms with Crippen LogP contribution >= 0.6 is 11.8 Å². The van der Waals surface area contributed by atoms with Crippen LogP contribution in [0.2, 0.25) is 0 Å². The van der Waals surface area contributed by atoms with E-state index in [1.807, 2.05) is 0 Å². The van der Waals surface area contributed by atoms with Crippen LogP contribution in [0.25, 0.3) is 11.3 Å². The lowest BCUT2D eigenvalue weighted by Crippen LogP contribution is -2.50. The zero-order chi connectivity index (χ0) is 16.4. The van der Waals surface area contributed by atoms with Crippen molar-refractivity contribution in [1.82, 2.24) is 4.98 Å². The summed E-state index contributed by atoms with van der Waals surface area (Å²) in [5, 5.41) is 29.1. The third-order valence-corrected chi connectivity index (χ3v) is 4.82. The highest BCUT2D eigenvalue weighted by atomic mass is 32.2. The number of nitrogens with zero attached hydrogens (tertiary/aromatic N) is 1.